The first-order valence-electron chi connectivity index (χ1n) is 20.9. The van der Waals surface area contributed by atoms with E-state index >= 15 is 0 Å². The van der Waals surface area contributed by atoms with Crippen molar-refractivity contribution in [3.63, 3.8) is 0 Å². The number of phenols is 2. The fourth-order valence-corrected chi connectivity index (χ4v) is 8.28. The summed E-state index contributed by atoms with van der Waals surface area (Å²) in [5.41, 5.74) is 10.5. The van der Waals surface area contributed by atoms with E-state index < -0.39 is 5.91 Å². The van der Waals surface area contributed by atoms with Crippen molar-refractivity contribution in [2.75, 3.05) is 46.6 Å². The van der Waals surface area contributed by atoms with Crippen molar-refractivity contribution < 1.29 is 29.4 Å². The highest BCUT2D eigenvalue weighted by molar-refractivity contribution is 6.31. The van der Waals surface area contributed by atoms with E-state index in [1.54, 1.807) is 12.1 Å². The summed E-state index contributed by atoms with van der Waals surface area (Å²) >= 11 is 6.31. The van der Waals surface area contributed by atoms with Gasteiger partial charge in [-0.25, -0.2) is 0 Å². The second-order valence-electron chi connectivity index (χ2n) is 15.1. The topological polar surface area (TPSA) is 163 Å². The summed E-state index contributed by atoms with van der Waals surface area (Å²) in [5.74, 6) is -1.25. The number of nitrogens with one attached hydrogen (secondary N) is 4. The Bertz CT molecular complexity index is 2550. The molecule has 0 bridgehead atoms. The molecule has 2 heterocycles. The molecule has 2 aliphatic rings. The summed E-state index contributed by atoms with van der Waals surface area (Å²) in [5, 5.41) is 31.6. The predicted molar refractivity (Wildman–Crippen MR) is 249 cm³/mol. The molecule has 0 fully saturated rings. The highest BCUT2D eigenvalue weighted by Crippen LogP contribution is 2.38. The quantitative estimate of drug-likeness (QED) is 0.0360. The summed E-state index contributed by atoms with van der Waals surface area (Å²) in [6.45, 7) is 2.35. The van der Waals surface area contributed by atoms with Gasteiger partial charge >= 0.3 is 0 Å². The number of hydrogen-bond donors (Lipinski definition) is 6. The van der Waals surface area contributed by atoms with Crippen molar-refractivity contribution in [2.24, 2.45) is 0 Å². The third kappa shape index (κ3) is 10.4. The highest BCUT2D eigenvalue weighted by Gasteiger charge is 2.22. The third-order valence-corrected chi connectivity index (χ3v) is 11.4. The number of nitrogens with zero attached hydrogens (tertiary/aromatic N) is 2. The van der Waals surface area contributed by atoms with Crippen molar-refractivity contribution in [2.45, 2.75) is 38.5 Å². The number of carbonyl (C=O) groups is 4. The van der Waals surface area contributed by atoms with Gasteiger partial charge in [-0.05, 0) is 115 Å². The lowest BCUT2D eigenvalue weighted by atomic mass is 10.0. The Morgan fingerprint density at radius 3 is 1.35 bits per heavy atom. The lowest BCUT2D eigenvalue weighted by molar-refractivity contribution is -0.106. The molecular weight excluding hydrogens is 816 g/mol. The molecule has 2 aliphatic heterocycles. The predicted octanol–water partition coefficient (Wildman–Crippen LogP) is 8.69. The van der Waals surface area contributed by atoms with Crippen LogP contribution in [-0.4, -0.2) is 61.0 Å². The molecule has 6 N–H and O–H groups in total. The largest absolute Gasteiger partial charge is 0.505 e. The minimum Gasteiger partial charge on any atom is -0.505 e. The van der Waals surface area contributed by atoms with Crippen LogP contribution >= 0.6 is 11.6 Å². The zero-order chi connectivity index (χ0) is 44.1. The number of anilines is 6. The van der Waals surface area contributed by atoms with Gasteiger partial charge in [0.25, 0.3) is 11.8 Å². The maximum atomic E-state index is 12.6. The summed E-state index contributed by atoms with van der Waals surface area (Å²) in [6, 6.07) is 40.6. The zero-order valence-electron chi connectivity index (χ0n) is 34.6. The molecule has 4 amide bonds. The first-order valence-corrected chi connectivity index (χ1v) is 21.3. The van der Waals surface area contributed by atoms with Crippen LogP contribution in [0.3, 0.4) is 0 Å². The number of rotatable bonds is 14. The number of phenolic OH excluding ortho intramolecular Hbond substituents is 2. The molecule has 0 unspecified atom stereocenters. The SMILES string of the molecule is O=CNc1cccc(C(=O)NCCCN2c3ccccc3CCc3ccc(Cl)cc32)c1O.O=CNc1cccc(C(=O)NCCCN2c3ccccc3CCc3ccccc32)c1O. The van der Waals surface area contributed by atoms with Gasteiger partial charge in [0.05, 0.1) is 22.5 Å². The van der Waals surface area contributed by atoms with E-state index in [0.717, 1.165) is 50.0 Å². The molecule has 6 aromatic rings. The first kappa shape index (κ1) is 43.8. The van der Waals surface area contributed by atoms with Crippen molar-refractivity contribution in [3.8, 4) is 11.5 Å². The Hall–Kier alpha value is -7.31. The number of hydrogen-bond acceptors (Lipinski definition) is 8. The minimum atomic E-state index is -0.392. The molecule has 0 saturated carbocycles. The summed E-state index contributed by atoms with van der Waals surface area (Å²) in [7, 11) is 0. The van der Waals surface area contributed by atoms with Crippen molar-refractivity contribution >= 4 is 70.4 Å². The fraction of sp³-hybridized carbons (Fsp3) is 0.200. The molecule has 6 aromatic carbocycles. The molecule has 322 valence electrons. The van der Waals surface area contributed by atoms with Crippen LogP contribution in [-0.2, 0) is 35.3 Å². The van der Waals surface area contributed by atoms with Crippen LogP contribution in [0.2, 0.25) is 5.02 Å². The number of para-hydroxylation sites is 5. The van der Waals surface area contributed by atoms with E-state index in [4.69, 9.17) is 11.6 Å². The van der Waals surface area contributed by atoms with Gasteiger partial charge in [-0.2, -0.15) is 0 Å². The lowest BCUT2D eigenvalue weighted by Crippen LogP contribution is -2.28. The molecule has 0 saturated heterocycles. The van der Waals surface area contributed by atoms with E-state index in [1.165, 1.54) is 57.9 Å². The minimum absolute atomic E-state index is 0.120. The van der Waals surface area contributed by atoms with Crippen LogP contribution in [0.4, 0.5) is 34.1 Å². The maximum Gasteiger partial charge on any atom is 0.255 e. The molecule has 63 heavy (non-hydrogen) atoms. The van der Waals surface area contributed by atoms with Gasteiger partial charge in [-0.3, -0.25) is 19.2 Å². The second kappa shape index (κ2) is 21.0. The van der Waals surface area contributed by atoms with Crippen LogP contribution in [0.25, 0.3) is 0 Å². The Labute approximate surface area is 371 Å². The van der Waals surface area contributed by atoms with Gasteiger partial charge in [0.1, 0.15) is 0 Å². The van der Waals surface area contributed by atoms with Gasteiger partial charge in [0, 0.05) is 54.0 Å². The number of carbonyl (C=O) groups excluding carboxylic acids is 4. The molecule has 0 spiro atoms. The monoisotopic (exact) mass is 864 g/mol. The van der Waals surface area contributed by atoms with E-state index in [1.807, 2.05) is 18.2 Å². The van der Waals surface area contributed by atoms with E-state index in [2.05, 4.69) is 104 Å². The standard InChI is InChI=1S/C25H24ClN3O3.C25H25N3O3/c26-19-12-11-18-10-9-17-5-1-2-8-22(17)29(23(18)15-19)14-4-13-27-25(32)20-6-3-7-21(24(20)31)28-16-30;29-17-27-21-10-5-9-20(24(21)30)25(31)26-15-6-16-28-22-11-3-1-7-18(22)13-14-19-8-2-4-12-23(19)28/h1-3,5-8,11-12,15-16,31H,4,9-10,13-14H2,(H,27,32)(H,28,30);1-5,7-12,17,30H,6,13-16H2,(H,26,31)(H,27,29). The molecular formula is C50H49ClN6O6. The van der Waals surface area contributed by atoms with Crippen LogP contribution in [0.15, 0.2) is 127 Å². The van der Waals surface area contributed by atoms with Gasteiger partial charge < -0.3 is 41.3 Å². The molecule has 0 aromatic heterocycles. The van der Waals surface area contributed by atoms with Crippen LogP contribution in [0, 0.1) is 0 Å². The number of fused-ring (bicyclic) bond motifs is 4. The van der Waals surface area contributed by atoms with Crippen LogP contribution in [0.5, 0.6) is 11.5 Å². The molecule has 0 aliphatic carbocycles. The van der Waals surface area contributed by atoms with E-state index in [9.17, 15) is 29.4 Å². The summed E-state index contributed by atoms with van der Waals surface area (Å²) in [6.07, 6.45) is 6.27. The van der Waals surface area contributed by atoms with Gasteiger partial charge in [-0.15, -0.1) is 0 Å². The zero-order valence-corrected chi connectivity index (χ0v) is 35.4. The summed E-state index contributed by atoms with van der Waals surface area (Å²) < 4.78 is 0. The number of aryl methyl sites for hydroxylation is 4. The Morgan fingerprint density at radius 1 is 0.524 bits per heavy atom. The Kier molecular flexibility index (Phi) is 14.6. The number of amides is 4. The third-order valence-electron chi connectivity index (χ3n) is 11.2. The van der Waals surface area contributed by atoms with Crippen molar-refractivity contribution in [3.05, 3.63) is 166 Å². The summed E-state index contributed by atoms with van der Waals surface area (Å²) in [4.78, 5) is 51.0. The second-order valence-corrected chi connectivity index (χ2v) is 15.5. The van der Waals surface area contributed by atoms with Gasteiger partial charge in [0.2, 0.25) is 12.8 Å². The average molecular weight is 865 g/mol. The number of halogens is 1. The Morgan fingerprint density at radius 2 is 0.921 bits per heavy atom. The van der Waals surface area contributed by atoms with Gasteiger partial charge in [-0.1, -0.05) is 84.4 Å². The fourth-order valence-electron chi connectivity index (χ4n) is 8.12. The number of benzene rings is 6. The molecule has 13 heteroatoms. The van der Waals surface area contributed by atoms with E-state index in [-0.39, 0.29) is 39.9 Å². The van der Waals surface area contributed by atoms with Crippen molar-refractivity contribution in [1.29, 1.82) is 0 Å². The normalized spacial score (nSPS) is 12.3. The maximum absolute atomic E-state index is 12.6. The molecule has 0 radical (unpaired) electrons. The molecule has 0 atom stereocenters. The molecule has 12 nitrogen and oxygen atoms in total. The van der Waals surface area contributed by atoms with Crippen LogP contribution < -0.4 is 31.1 Å². The Balaban J connectivity index is 0.000000189. The first-order chi connectivity index (χ1) is 30.8. The highest BCUT2D eigenvalue weighted by atomic mass is 35.5. The number of aromatic hydroxyl groups is 2. The van der Waals surface area contributed by atoms with E-state index in [0.29, 0.717) is 43.9 Å². The molecule has 8 rings (SSSR count). The van der Waals surface area contributed by atoms with Gasteiger partial charge in [0.15, 0.2) is 11.5 Å². The average Bonchev–Trinajstić information content (AvgIpc) is 3.56. The van der Waals surface area contributed by atoms with Crippen molar-refractivity contribution in [1.82, 2.24) is 10.6 Å². The smallest absolute Gasteiger partial charge is 0.255 e. The lowest BCUT2D eigenvalue weighted by Gasteiger charge is -2.27. The van der Waals surface area contributed by atoms with Crippen LogP contribution in [0.1, 0.15) is 55.8 Å².